The summed E-state index contributed by atoms with van der Waals surface area (Å²) in [6, 6.07) is 5.30. The summed E-state index contributed by atoms with van der Waals surface area (Å²) in [7, 11) is 3.15. The molecule has 1 N–H and O–H groups in total. The molecule has 0 unspecified atom stereocenters. The Balaban J connectivity index is 1.92. The lowest BCUT2D eigenvalue weighted by molar-refractivity contribution is -0.134. The lowest BCUT2D eigenvalue weighted by atomic mass is 9.95. The van der Waals surface area contributed by atoms with Crippen LogP contribution in [-0.2, 0) is 9.59 Å². The van der Waals surface area contributed by atoms with Crippen LogP contribution in [0.2, 0.25) is 0 Å². The van der Waals surface area contributed by atoms with Gasteiger partial charge in [0.15, 0.2) is 0 Å². The number of benzene rings is 1. The van der Waals surface area contributed by atoms with Crippen LogP contribution < -0.4 is 14.8 Å². The Hall–Kier alpha value is -2.24. The second-order valence-electron chi connectivity index (χ2n) is 6.31. The summed E-state index contributed by atoms with van der Waals surface area (Å²) >= 11 is 0. The smallest absolute Gasteiger partial charge is 0.227 e. The Kier molecular flexibility index (Phi) is 7.10. The molecule has 2 amide bonds. The maximum Gasteiger partial charge on any atom is 0.227 e. The number of piperidine rings is 1. The number of likely N-dealkylation sites (tertiary alicyclic amines) is 1. The summed E-state index contributed by atoms with van der Waals surface area (Å²) in [5.74, 6) is 1.34. The van der Waals surface area contributed by atoms with E-state index in [9.17, 15) is 9.59 Å². The van der Waals surface area contributed by atoms with E-state index in [4.69, 9.17) is 9.47 Å². The molecule has 0 saturated carbocycles. The first kappa shape index (κ1) is 19.1. The highest BCUT2D eigenvalue weighted by Crippen LogP contribution is 2.30. The largest absolute Gasteiger partial charge is 0.497 e. The van der Waals surface area contributed by atoms with Gasteiger partial charge < -0.3 is 19.7 Å². The van der Waals surface area contributed by atoms with Crippen molar-refractivity contribution in [3.63, 3.8) is 0 Å². The zero-order valence-corrected chi connectivity index (χ0v) is 15.3. The number of amides is 2. The molecule has 6 heteroatoms. The van der Waals surface area contributed by atoms with Crippen molar-refractivity contribution in [1.82, 2.24) is 4.90 Å². The van der Waals surface area contributed by atoms with Crippen LogP contribution in [0, 0.1) is 5.92 Å². The van der Waals surface area contributed by atoms with Gasteiger partial charge in [-0.15, -0.1) is 0 Å². The molecule has 1 aromatic rings. The fourth-order valence-corrected chi connectivity index (χ4v) is 3.02. The highest BCUT2D eigenvalue weighted by molar-refractivity contribution is 5.94. The number of nitrogens with one attached hydrogen (secondary N) is 1. The first-order valence-electron chi connectivity index (χ1n) is 8.89. The van der Waals surface area contributed by atoms with Gasteiger partial charge in [0.1, 0.15) is 11.5 Å². The topological polar surface area (TPSA) is 67.9 Å². The third-order valence-electron chi connectivity index (χ3n) is 4.63. The van der Waals surface area contributed by atoms with Crippen molar-refractivity contribution in [2.45, 2.75) is 39.0 Å². The Morgan fingerprint density at radius 1 is 1.20 bits per heavy atom. The number of nitrogens with zero attached hydrogens (tertiary/aromatic N) is 1. The minimum Gasteiger partial charge on any atom is -0.497 e. The van der Waals surface area contributed by atoms with Gasteiger partial charge in [-0.1, -0.05) is 13.3 Å². The second-order valence-corrected chi connectivity index (χ2v) is 6.31. The first-order chi connectivity index (χ1) is 12.1. The number of anilines is 1. The first-order valence-corrected chi connectivity index (χ1v) is 8.89. The number of hydrogen-bond donors (Lipinski definition) is 1. The maximum atomic E-state index is 12.6. The zero-order valence-electron chi connectivity index (χ0n) is 15.3. The normalized spacial score (nSPS) is 14.9. The third-order valence-corrected chi connectivity index (χ3v) is 4.63. The van der Waals surface area contributed by atoms with E-state index in [0.29, 0.717) is 49.5 Å². The summed E-state index contributed by atoms with van der Waals surface area (Å²) in [5, 5.41) is 2.94. The monoisotopic (exact) mass is 348 g/mol. The van der Waals surface area contributed by atoms with Crippen molar-refractivity contribution in [2.75, 3.05) is 32.6 Å². The molecule has 138 valence electrons. The van der Waals surface area contributed by atoms with Crippen LogP contribution >= 0.6 is 0 Å². The van der Waals surface area contributed by atoms with Crippen LogP contribution in [0.25, 0.3) is 0 Å². The number of unbranched alkanes of at least 4 members (excludes halogenated alkanes) is 1. The number of carbonyl (C=O) groups is 2. The van der Waals surface area contributed by atoms with E-state index in [2.05, 4.69) is 12.2 Å². The molecule has 0 spiro atoms. The Morgan fingerprint density at radius 2 is 1.92 bits per heavy atom. The molecule has 0 atom stereocenters. The average molecular weight is 348 g/mol. The van der Waals surface area contributed by atoms with Gasteiger partial charge in [0.2, 0.25) is 11.8 Å². The van der Waals surface area contributed by atoms with Crippen molar-refractivity contribution in [2.24, 2.45) is 5.92 Å². The molecule has 0 aliphatic carbocycles. The number of rotatable bonds is 7. The van der Waals surface area contributed by atoms with Crippen LogP contribution in [0.3, 0.4) is 0 Å². The molecule has 0 aromatic heterocycles. The van der Waals surface area contributed by atoms with Gasteiger partial charge in [0.05, 0.1) is 19.9 Å². The van der Waals surface area contributed by atoms with Gasteiger partial charge in [-0.05, 0) is 31.4 Å². The molecule has 6 nitrogen and oxygen atoms in total. The quantitative estimate of drug-likeness (QED) is 0.822. The van der Waals surface area contributed by atoms with E-state index in [1.807, 2.05) is 4.90 Å². The lowest BCUT2D eigenvalue weighted by Crippen LogP contribution is -2.41. The minimum absolute atomic E-state index is 0.0350. The molecule has 1 fully saturated rings. The number of ether oxygens (including phenoxy) is 2. The molecular weight excluding hydrogens is 320 g/mol. The van der Waals surface area contributed by atoms with Gasteiger partial charge in [-0.3, -0.25) is 9.59 Å². The third kappa shape index (κ3) is 5.11. The molecule has 2 rings (SSSR count). The van der Waals surface area contributed by atoms with Crippen molar-refractivity contribution < 1.29 is 19.1 Å². The van der Waals surface area contributed by atoms with Gasteiger partial charge in [-0.2, -0.15) is 0 Å². The fraction of sp³-hybridized carbons (Fsp3) is 0.579. The molecule has 0 bridgehead atoms. The van der Waals surface area contributed by atoms with Gasteiger partial charge in [0, 0.05) is 31.5 Å². The molecular formula is C19H28N2O4. The fourth-order valence-electron chi connectivity index (χ4n) is 3.02. The number of hydrogen-bond acceptors (Lipinski definition) is 4. The molecule has 1 aromatic carbocycles. The van der Waals surface area contributed by atoms with Crippen LogP contribution in [0.1, 0.15) is 39.0 Å². The van der Waals surface area contributed by atoms with E-state index >= 15 is 0 Å². The van der Waals surface area contributed by atoms with E-state index in [1.54, 1.807) is 32.4 Å². The molecule has 1 heterocycles. The van der Waals surface area contributed by atoms with Crippen molar-refractivity contribution in [3.8, 4) is 11.5 Å². The van der Waals surface area contributed by atoms with Crippen molar-refractivity contribution in [3.05, 3.63) is 18.2 Å². The van der Waals surface area contributed by atoms with Gasteiger partial charge >= 0.3 is 0 Å². The summed E-state index contributed by atoms with van der Waals surface area (Å²) in [6.45, 7) is 3.38. The predicted molar refractivity (Wildman–Crippen MR) is 97.0 cm³/mol. The Morgan fingerprint density at radius 3 is 2.52 bits per heavy atom. The van der Waals surface area contributed by atoms with Gasteiger partial charge in [0.25, 0.3) is 0 Å². The summed E-state index contributed by atoms with van der Waals surface area (Å²) in [4.78, 5) is 26.5. The zero-order chi connectivity index (χ0) is 18.2. The van der Waals surface area contributed by atoms with Crippen molar-refractivity contribution >= 4 is 17.5 Å². The van der Waals surface area contributed by atoms with Crippen LogP contribution in [0.4, 0.5) is 5.69 Å². The standard InChI is InChI=1S/C19H28N2O4/c1-4-5-6-18(22)21-11-9-14(10-12-21)19(23)20-16-13-15(24-2)7-8-17(16)25-3/h7-8,13-14H,4-6,9-12H2,1-3H3,(H,20,23). The van der Waals surface area contributed by atoms with E-state index in [1.165, 1.54) is 0 Å². The van der Waals surface area contributed by atoms with Crippen LogP contribution in [0.5, 0.6) is 11.5 Å². The second kappa shape index (κ2) is 9.30. The highest BCUT2D eigenvalue weighted by atomic mass is 16.5. The highest BCUT2D eigenvalue weighted by Gasteiger charge is 2.27. The molecule has 1 saturated heterocycles. The minimum atomic E-state index is -0.0915. The van der Waals surface area contributed by atoms with E-state index in [-0.39, 0.29) is 17.7 Å². The summed E-state index contributed by atoms with van der Waals surface area (Å²) in [6.07, 6.45) is 3.93. The maximum absolute atomic E-state index is 12.6. The predicted octanol–water partition coefficient (Wildman–Crippen LogP) is 3.07. The molecule has 0 radical (unpaired) electrons. The number of methoxy groups -OCH3 is 2. The Labute approximate surface area is 149 Å². The van der Waals surface area contributed by atoms with E-state index < -0.39 is 0 Å². The summed E-state index contributed by atoms with van der Waals surface area (Å²) < 4.78 is 10.5. The van der Waals surface area contributed by atoms with E-state index in [0.717, 1.165) is 12.8 Å². The summed E-state index contributed by atoms with van der Waals surface area (Å²) in [5.41, 5.74) is 0.605. The molecule has 1 aliphatic heterocycles. The molecule has 1 aliphatic rings. The van der Waals surface area contributed by atoms with Crippen LogP contribution in [0.15, 0.2) is 18.2 Å². The molecule has 25 heavy (non-hydrogen) atoms. The van der Waals surface area contributed by atoms with Crippen LogP contribution in [-0.4, -0.2) is 44.0 Å². The SMILES string of the molecule is CCCCC(=O)N1CCC(C(=O)Nc2cc(OC)ccc2OC)CC1. The lowest BCUT2D eigenvalue weighted by Gasteiger charge is -2.31. The number of carbonyl (C=O) groups excluding carboxylic acids is 2. The Bertz CT molecular complexity index is 595. The van der Waals surface area contributed by atoms with Crippen molar-refractivity contribution in [1.29, 1.82) is 0 Å². The van der Waals surface area contributed by atoms with Gasteiger partial charge in [-0.25, -0.2) is 0 Å². The average Bonchev–Trinajstić information content (AvgIpc) is 2.66.